The minimum absolute atomic E-state index is 0.0800. The van der Waals surface area contributed by atoms with Gasteiger partial charge in [-0.1, -0.05) is 0 Å². The lowest BCUT2D eigenvalue weighted by atomic mass is 10.2. The Bertz CT molecular complexity index is 655. The smallest absolute Gasteiger partial charge is 0.328 e. The molecule has 1 heterocycles. The normalized spacial score (nSPS) is 11.5. The largest absolute Gasteiger partial charge is 0.478 e. The second kappa shape index (κ2) is 7.50. The molecule has 9 heteroatoms. The first-order valence-electron chi connectivity index (χ1n) is 5.87. The van der Waals surface area contributed by atoms with Crippen LogP contribution in [-0.4, -0.2) is 49.7 Å². The number of carboxylic acid groups (broad SMARTS) is 1. The second-order valence-electron chi connectivity index (χ2n) is 4.10. The van der Waals surface area contributed by atoms with Crippen molar-refractivity contribution in [3.8, 4) is 0 Å². The molecule has 114 valence electrons. The first-order chi connectivity index (χ1) is 9.78. The van der Waals surface area contributed by atoms with Gasteiger partial charge in [-0.25, -0.2) is 17.9 Å². The van der Waals surface area contributed by atoms with E-state index >= 15 is 0 Å². The third kappa shape index (κ3) is 7.18. The Kier molecular flexibility index (Phi) is 6.00. The lowest BCUT2D eigenvalue weighted by Gasteiger charge is -2.06. The Morgan fingerprint density at radius 2 is 2.05 bits per heavy atom. The molecule has 1 rings (SSSR count). The molecule has 1 aromatic rings. The summed E-state index contributed by atoms with van der Waals surface area (Å²) in [7, 11) is -3.29. The van der Waals surface area contributed by atoms with Gasteiger partial charge >= 0.3 is 5.97 Å². The first kappa shape index (κ1) is 16.8. The number of carboxylic acids is 1. The topological polar surface area (TPSA) is 125 Å². The van der Waals surface area contributed by atoms with E-state index in [9.17, 15) is 18.0 Å². The highest BCUT2D eigenvalue weighted by Gasteiger charge is 2.06. The summed E-state index contributed by atoms with van der Waals surface area (Å²) in [6, 6.07) is 1.48. The molecule has 0 aliphatic carbocycles. The summed E-state index contributed by atoms with van der Waals surface area (Å²) < 4.78 is 23.9. The van der Waals surface area contributed by atoms with Crippen LogP contribution >= 0.6 is 0 Å². The van der Waals surface area contributed by atoms with Gasteiger partial charge in [0.2, 0.25) is 10.0 Å². The number of aromatic nitrogens is 1. The fourth-order valence-electron chi connectivity index (χ4n) is 1.36. The van der Waals surface area contributed by atoms with Crippen molar-refractivity contribution in [2.75, 3.05) is 19.3 Å². The van der Waals surface area contributed by atoms with E-state index in [1.807, 2.05) is 0 Å². The minimum Gasteiger partial charge on any atom is -0.478 e. The van der Waals surface area contributed by atoms with Gasteiger partial charge in [0.25, 0.3) is 5.91 Å². The van der Waals surface area contributed by atoms with Crippen LogP contribution in [0.25, 0.3) is 6.08 Å². The monoisotopic (exact) mass is 313 g/mol. The summed E-state index contributed by atoms with van der Waals surface area (Å²) in [4.78, 5) is 26.0. The number of nitrogens with one attached hydrogen (secondary N) is 2. The Morgan fingerprint density at radius 1 is 1.33 bits per heavy atom. The highest BCUT2D eigenvalue weighted by molar-refractivity contribution is 7.88. The van der Waals surface area contributed by atoms with Gasteiger partial charge in [0.05, 0.1) is 11.8 Å². The molecule has 0 saturated carbocycles. The zero-order chi connectivity index (χ0) is 15.9. The second-order valence-corrected chi connectivity index (χ2v) is 5.93. The lowest BCUT2D eigenvalue weighted by molar-refractivity contribution is -0.131. The van der Waals surface area contributed by atoms with Crippen LogP contribution in [0.3, 0.4) is 0 Å². The summed E-state index contributed by atoms with van der Waals surface area (Å²) >= 11 is 0. The van der Waals surface area contributed by atoms with Crippen LogP contribution in [0.5, 0.6) is 0 Å². The van der Waals surface area contributed by atoms with E-state index < -0.39 is 21.9 Å². The summed E-state index contributed by atoms with van der Waals surface area (Å²) in [6.07, 6.45) is 6.03. The van der Waals surface area contributed by atoms with E-state index in [2.05, 4.69) is 15.0 Å². The predicted molar refractivity (Wildman–Crippen MR) is 76.1 cm³/mol. The van der Waals surface area contributed by atoms with Crippen LogP contribution < -0.4 is 10.0 Å². The van der Waals surface area contributed by atoms with Gasteiger partial charge in [0, 0.05) is 31.6 Å². The average Bonchev–Trinajstić information content (AvgIpc) is 2.40. The molecular formula is C12H15N3O5S. The number of rotatable bonds is 7. The van der Waals surface area contributed by atoms with Crippen molar-refractivity contribution < 1.29 is 23.1 Å². The van der Waals surface area contributed by atoms with Gasteiger partial charge in [-0.2, -0.15) is 0 Å². The van der Waals surface area contributed by atoms with Gasteiger partial charge in [-0.15, -0.1) is 0 Å². The van der Waals surface area contributed by atoms with Crippen LogP contribution in [0, 0.1) is 0 Å². The number of hydrogen-bond acceptors (Lipinski definition) is 5. The van der Waals surface area contributed by atoms with Crippen molar-refractivity contribution in [1.29, 1.82) is 0 Å². The van der Waals surface area contributed by atoms with Gasteiger partial charge < -0.3 is 10.4 Å². The molecule has 21 heavy (non-hydrogen) atoms. The standard InChI is InChI=1S/C12H15N3O5S/c1-21(19,20)15-5-4-14-12(18)10-6-9(7-13-8-10)2-3-11(16)17/h2-3,6-8,15H,4-5H2,1H3,(H,14,18)(H,16,17). The van der Waals surface area contributed by atoms with Crippen molar-refractivity contribution in [2.24, 2.45) is 0 Å². The zero-order valence-corrected chi connectivity index (χ0v) is 12.1. The Labute approximate surface area is 121 Å². The van der Waals surface area contributed by atoms with Crippen molar-refractivity contribution in [1.82, 2.24) is 15.0 Å². The summed E-state index contributed by atoms with van der Waals surface area (Å²) in [5, 5.41) is 11.0. The maximum Gasteiger partial charge on any atom is 0.328 e. The third-order valence-corrected chi connectivity index (χ3v) is 2.94. The Hall–Kier alpha value is -2.26. The Morgan fingerprint density at radius 3 is 2.67 bits per heavy atom. The van der Waals surface area contributed by atoms with Crippen molar-refractivity contribution >= 4 is 28.0 Å². The van der Waals surface area contributed by atoms with E-state index in [0.29, 0.717) is 5.56 Å². The number of hydrogen-bond donors (Lipinski definition) is 3. The number of carbonyl (C=O) groups excluding carboxylic acids is 1. The first-order valence-corrected chi connectivity index (χ1v) is 7.76. The van der Waals surface area contributed by atoms with Gasteiger partial charge in [-0.3, -0.25) is 9.78 Å². The molecule has 0 spiro atoms. The molecule has 3 N–H and O–H groups in total. The number of nitrogens with zero attached hydrogens (tertiary/aromatic N) is 1. The van der Waals surface area contributed by atoms with Crippen molar-refractivity contribution in [3.63, 3.8) is 0 Å². The quantitative estimate of drug-likeness (QED) is 0.458. The molecule has 0 aromatic carbocycles. The van der Waals surface area contributed by atoms with Crippen LogP contribution in [0.1, 0.15) is 15.9 Å². The van der Waals surface area contributed by atoms with Gasteiger partial charge in [0.15, 0.2) is 0 Å². The molecule has 0 fully saturated rings. The van der Waals surface area contributed by atoms with Crippen molar-refractivity contribution in [2.45, 2.75) is 0 Å². The van der Waals surface area contributed by atoms with Crippen LogP contribution in [-0.2, 0) is 14.8 Å². The van der Waals surface area contributed by atoms with Crippen LogP contribution in [0.15, 0.2) is 24.5 Å². The van der Waals surface area contributed by atoms with E-state index in [1.165, 1.54) is 24.5 Å². The summed E-state index contributed by atoms with van der Waals surface area (Å²) in [6.45, 7) is 0.206. The van der Waals surface area contributed by atoms with E-state index in [0.717, 1.165) is 12.3 Å². The molecule has 0 bridgehead atoms. The number of aliphatic carboxylic acids is 1. The third-order valence-electron chi connectivity index (χ3n) is 2.21. The molecular weight excluding hydrogens is 298 g/mol. The summed E-state index contributed by atoms with van der Waals surface area (Å²) in [5.74, 6) is -1.53. The summed E-state index contributed by atoms with van der Waals surface area (Å²) in [5.41, 5.74) is 0.723. The molecule has 0 saturated heterocycles. The number of pyridine rings is 1. The fourth-order valence-corrected chi connectivity index (χ4v) is 1.83. The molecule has 1 amide bonds. The van der Waals surface area contributed by atoms with Crippen LogP contribution in [0.4, 0.5) is 0 Å². The highest BCUT2D eigenvalue weighted by atomic mass is 32.2. The zero-order valence-electron chi connectivity index (χ0n) is 11.2. The maximum atomic E-state index is 11.8. The van der Waals surface area contributed by atoms with E-state index in [-0.39, 0.29) is 18.7 Å². The number of carbonyl (C=O) groups is 2. The lowest BCUT2D eigenvalue weighted by Crippen LogP contribution is -2.34. The number of sulfonamides is 1. The predicted octanol–water partition coefficient (Wildman–Crippen LogP) is -0.542. The fraction of sp³-hybridized carbons (Fsp3) is 0.250. The van der Waals surface area contributed by atoms with E-state index in [1.54, 1.807) is 0 Å². The average molecular weight is 313 g/mol. The molecule has 0 radical (unpaired) electrons. The SMILES string of the molecule is CS(=O)(=O)NCCNC(=O)c1cncc(C=CC(=O)O)c1. The molecule has 0 unspecified atom stereocenters. The maximum absolute atomic E-state index is 11.8. The minimum atomic E-state index is -3.29. The van der Waals surface area contributed by atoms with Crippen molar-refractivity contribution in [3.05, 3.63) is 35.7 Å². The molecule has 0 aliphatic rings. The Balaban J connectivity index is 2.58. The molecule has 0 atom stereocenters. The van der Waals surface area contributed by atoms with E-state index in [4.69, 9.17) is 5.11 Å². The number of amides is 1. The highest BCUT2D eigenvalue weighted by Crippen LogP contribution is 2.04. The molecule has 8 nitrogen and oxygen atoms in total. The molecule has 1 aromatic heterocycles. The van der Waals surface area contributed by atoms with Crippen LogP contribution in [0.2, 0.25) is 0 Å². The van der Waals surface area contributed by atoms with Gasteiger partial charge in [-0.05, 0) is 17.7 Å². The molecule has 0 aliphatic heterocycles. The van der Waals surface area contributed by atoms with Gasteiger partial charge in [0.1, 0.15) is 0 Å².